The molecule has 2 N–H and O–H groups in total. The highest BCUT2D eigenvalue weighted by atomic mass is 79.9. The van der Waals surface area contributed by atoms with Crippen molar-refractivity contribution < 1.29 is 28.5 Å². The molecule has 0 bridgehead atoms. The number of amides is 2. The molecule has 0 aromatic heterocycles. The number of carbonyl (C=O) groups is 2. The first kappa shape index (κ1) is 22.4. The second-order valence-corrected chi connectivity index (χ2v) is 6.74. The van der Waals surface area contributed by atoms with Crippen LogP contribution in [0.2, 0.25) is 0 Å². The summed E-state index contributed by atoms with van der Waals surface area (Å²) in [6, 6.07) is 8.59. The molecule has 0 heterocycles. The Bertz CT molecular complexity index is 862. The number of aryl methyl sites for hydroxylation is 1. The zero-order valence-corrected chi connectivity index (χ0v) is 18.2. The molecule has 2 aromatic carbocycles. The van der Waals surface area contributed by atoms with Gasteiger partial charge in [-0.25, -0.2) is 0 Å². The van der Waals surface area contributed by atoms with Crippen LogP contribution >= 0.6 is 15.9 Å². The number of methoxy groups -OCH3 is 4. The fraction of sp³-hybridized carbons (Fsp3) is 0.300. The third kappa shape index (κ3) is 5.77. The summed E-state index contributed by atoms with van der Waals surface area (Å²) in [6.45, 7) is 0. The molecular formula is C20H23BrN2O6. The minimum absolute atomic E-state index is 0.203. The van der Waals surface area contributed by atoms with E-state index in [1.807, 2.05) is 18.2 Å². The second kappa shape index (κ2) is 10.6. The van der Waals surface area contributed by atoms with Gasteiger partial charge in [0, 0.05) is 12.0 Å². The number of hydrogen-bond donors (Lipinski definition) is 2. The van der Waals surface area contributed by atoms with Gasteiger partial charge in [-0.2, -0.15) is 0 Å². The Kier molecular flexibility index (Phi) is 8.14. The molecule has 0 radical (unpaired) electrons. The number of nitrogens with one attached hydrogen (secondary N) is 2. The van der Waals surface area contributed by atoms with Gasteiger partial charge in [-0.05, 0) is 52.2 Å². The maximum absolute atomic E-state index is 12.4. The SMILES string of the molecule is COc1ccc(CCC(=O)NNC(=O)c2cc(OC)c(OC)c(OC)c2)cc1Br. The zero-order chi connectivity index (χ0) is 21.4. The minimum atomic E-state index is -0.509. The fourth-order valence-electron chi connectivity index (χ4n) is 2.60. The average molecular weight is 467 g/mol. The van der Waals surface area contributed by atoms with E-state index in [9.17, 15) is 9.59 Å². The molecule has 0 aliphatic heterocycles. The van der Waals surface area contributed by atoms with Crippen LogP contribution in [0.1, 0.15) is 22.3 Å². The van der Waals surface area contributed by atoms with Crippen LogP contribution in [0, 0.1) is 0 Å². The van der Waals surface area contributed by atoms with Crippen molar-refractivity contribution in [1.82, 2.24) is 10.9 Å². The average Bonchev–Trinajstić information content (AvgIpc) is 2.74. The van der Waals surface area contributed by atoms with Gasteiger partial charge in [0.1, 0.15) is 5.75 Å². The lowest BCUT2D eigenvalue weighted by Gasteiger charge is -2.14. The molecule has 0 aliphatic rings. The molecule has 0 fully saturated rings. The summed E-state index contributed by atoms with van der Waals surface area (Å²) in [5.74, 6) is 0.946. The molecule has 2 amide bonds. The summed E-state index contributed by atoms with van der Waals surface area (Å²) in [7, 11) is 5.97. The van der Waals surface area contributed by atoms with E-state index in [2.05, 4.69) is 26.8 Å². The summed E-state index contributed by atoms with van der Waals surface area (Å²) in [5.41, 5.74) is 6.00. The number of benzene rings is 2. The van der Waals surface area contributed by atoms with Crippen molar-refractivity contribution in [3.8, 4) is 23.0 Å². The molecule has 0 spiro atoms. The molecule has 9 heteroatoms. The minimum Gasteiger partial charge on any atom is -0.496 e. The van der Waals surface area contributed by atoms with Crippen molar-refractivity contribution in [3.05, 3.63) is 45.9 Å². The lowest BCUT2D eigenvalue weighted by atomic mass is 10.1. The molecule has 156 valence electrons. The first-order valence-corrected chi connectivity index (χ1v) is 9.44. The van der Waals surface area contributed by atoms with Crippen LogP contribution in [0.4, 0.5) is 0 Å². The van der Waals surface area contributed by atoms with Gasteiger partial charge in [0.25, 0.3) is 5.91 Å². The standard InChI is InChI=1S/C20H23BrN2O6/c1-26-15-7-5-12(9-14(15)21)6-8-18(24)22-23-20(25)13-10-16(27-2)19(29-4)17(11-13)28-3/h5,7,9-11H,6,8H2,1-4H3,(H,22,24)(H,23,25). The van der Waals surface area contributed by atoms with E-state index in [0.29, 0.717) is 23.7 Å². The van der Waals surface area contributed by atoms with E-state index in [-0.39, 0.29) is 17.9 Å². The lowest BCUT2D eigenvalue weighted by molar-refractivity contribution is -0.121. The van der Waals surface area contributed by atoms with Crippen LogP contribution in [0.5, 0.6) is 23.0 Å². The normalized spacial score (nSPS) is 10.1. The highest BCUT2D eigenvalue weighted by molar-refractivity contribution is 9.10. The summed E-state index contributed by atoms with van der Waals surface area (Å²) < 4.78 is 21.7. The Hall–Kier alpha value is -2.94. The number of halogens is 1. The Morgan fingerprint density at radius 1 is 0.862 bits per heavy atom. The van der Waals surface area contributed by atoms with Crippen LogP contribution in [-0.2, 0) is 11.2 Å². The largest absolute Gasteiger partial charge is 0.496 e. The second-order valence-electron chi connectivity index (χ2n) is 5.89. The predicted octanol–water partition coefficient (Wildman–Crippen LogP) is 2.88. The quantitative estimate of drug-likeness (QED) is 0.580. The number of carbonyl (C=O) groups excluding carboxylic acids is 2. The molecule has 0 saturated heterocycles. The first-order valence-electron chi connectivity index (χ1n) is 8.65. The van der Waals surface area contributed by atoms with Crippen LogP contribution in [0.3, 0.4) is 0 Å². The van der Waals surface area contributed by atoms with Gasteiger partial charge in [-0.3, -0.25) is 20.4 Å². The summed E-state index contributed by atoms with van der Waals surface area (Å²) in [5, 5.41) is 0. The molecule has 2 rings (SSSR count). The molecule has 8 nitrogen and oxygen atoms in total. The Morgan fingerprint density at radius 2 is 1.48 bits per heavy atom. The summed E-state index contributed by atoms with van der Waals surface area (Å²) in [4.78, 5) is 24.5. The molecular weight excluding hydrogens is 444 g/mol. The number of hydrogen-bond acceptors (Lipinski definition) is 6. The van der Waals surface area contributed by atoms with Crippen molar-refractivity contribution in [2.45, 2.75) is 12.8 Å². The van der Waals surface area contributed by atoms with Gasteiger partial charge in [0.2, 0.25) is 11.7 Å². The molecule has 0 aliphatic carbocycles. The maximum atomic E-state index is 12.4. The molecule has 0 unspecified atom stereocenters. The van der Waals surface area contributed by atoms with Crippen LogP contribution in [0.25, 0.3) is 0 Å². The summed E-state index contributed by atoms with van der Waals surface area (Å²) in [6.07, 6.45) is 0.711. The van der Waals surface area contributed by atoms with Gasteiger partial charge in [0.05, 0.1) is 32.9 Å². The Labute approximate surface area is 177 Å². The van der Waals surface area contributed by atoms with Gasteiger partial charge in [-0.15, -0.1) is 0 Å². The molecule has 2 aromatic rings. The Morgan fingerprint density at radius 3 is 2.00 bits per heavy atom. The smallest absolute Gasteiger partial charge is 0.269 e. The third-order valence-corrected chi connectivity index (χ3v) is 4.72. The zero-order valence-electron chi connectivity index (χ0n) is 16.6. The van der Waals surface area contributed by atoms with E-state index in [4.69, 9.17) is 18.9 Å². The highest BCUT2D eigenvalue weighted by Crippen LogP contribution is 2.38. The van der Waals surface area contributed by atoms with E-state index >= 15 is 0 Å². The first-order chi connectivity index (χ1) is 13.9. The lowest BCUT2D eigenvalue weighted by Crippen LogP contribution is -2.41. The van der Waals surface area contributed by atoms with Crippen LogP contribution in [0.15, 0.2) is 34.8 Å². The maximum Gasteiger partial charge on any atom is 0.269 e. The number of rotatable bonds is 8. The fourth-order valence-corrected chi connectivity index (χ4v) is 3.18. The third-order valence-electron chi connectivity index (χ3n) is 4.10. The van der Waals surface area contributed by atoms with Crippen molar-refractivity contribution in [3.63, 3.8) is 0 Å². The van der Waals surface area contributed by atoms with Gasteiger partial charge in [0.15, 0.2) is 11.5 Å². The highest BCUT2D eigenvalue weighted by Gasteiger charge is 2.17. The van der Waals surface area contributed by atoms with Crippen molar-refractivity contribution in [1.29, 1.82) is 0 Å². The van der Waals surface area contributed by atoms with E-state index < -0.39 is 5.91 Å². The van der Waals surface area contributed by atoms with Crippen molar-refractivity contribution in [2.75, 3.05) is 28.4 Å². The van der Waals surface area contributed by atoms with Crippen LogP contribution in [-0.4, -0.2) is 40.3 Å². The Balaban J connectivity index is 1.94. The number of hydrazine groups is 1. The van der Waals surface area contributed by atoms with E-state index in [0.717, 1.165) is 15.8 Å². The number of ether oxygens (including phenoxy) is 4. The molecule has 0 saturated carbocycles. The molecule has 0 atom stereocenters. The topological polar surface area (TPSA) is 95.1 Å². The predicted molar refractivity (Wildman–Crippen MR) is 111 cm³/mol. The van der Waals surface area contributed by atoms with E-state index in [1.165, 1.54) is 33.5 Å². The molecule has 29 heavy (non-hydrogen) atoms. The van der Waals surface area contributed by atoms with Crippen LogP contribution < -0.4 is 29.8 Å². The summed E-state index contributed by atoms with van der Waals surface area (Å²) >= 11 is 3.41. The van der Waals surface area contributed by atoms with E-state index in [1.54, 1.807) is 7.11 Å². The van der Waals surface area contributed by atoms with Gasteiger partial charge in [-0.1, -0.05) is 6.07 Å². The van der Waals surface area contributed by atoms with Crippen molar-refractivity contribution in [2.24, 2.45) is 0 Å². The van der Waals surface area contributed by atoms with Gasteiger partial charge < -0.3 is 18.9 Å². The van der Waals surface area contributed by atoms with Crippen molar-refractivity contribution >= 4 is 27.7 Å². The van der Waals surface area contributed by atoms with Gasteiger partial charge >= 0.3 is 0 Å². The monoisotopic (exact) mass is 466 g/mol.